The second-order valence-corrected chi connectivity index (χ2v) is 6.00. The lowest BCUT2D eigenvalue weighted by atomic mass is 10.2. The number of methoxy groups -OCH3 is 1. The van der Waals surface area contributed by atoms with Crippen LogP contribution in [0.1, 0.15) is 18.1 Å². The van der Waals surface area contributed by atoms with E-state index in [0.717, 1.165) is 16.8 Å². The lowest BCUT2D eigenvalue weighted by Crippen LogP contribution is -2.20. The van der Waals surface area contributed by atoms with E-state index in [4.69, 9.17) is 9.47 Å². The highest BCUT2D eigenvalue weighted by Gasteiger charge is 2.10. The summed E-state index contributed by atoms with van der Waals surface area (Å²) in [6.07, 6.45) is 5.42. The van der Waals surface area contributed by atoms with Crippen molar-refractivity contribution in [3.63, 3.8) is 0 Å². The number of amides is 1. The third-order valence-electron chi connectivity index (χ3n) is 3.98. The first-order valence-corrected chi connectivity index (χ1v) is 8.68. The smallest absolute Gasteiger partial charge is 0.262 e. The average Bonchev–Trinajstić information content (AvgIpc) is 3.21. The Morgan fingerprint density at radius 3 is 2.75 bits per heavy atom. The van der Waals surface area contributed by atoms with E-state index in [2.05, 4.69) is 20.8 Å². The number of allylic oxidation sites excluding steroid dienone is 1. The number of nitrogens with zero attached hydrogens (tertiary/aromatic N) is 4. The molecule has 3 aromatic rings. The summed E-state index contributed by atoms with van der Waals surface area (Å²) in [6, 6.07) is 11.0. The Labute approximate surface area is 162 Å². The van der Waals surface area contributed by atoms with Gasteiger partial charge in [0.1, 0.15) is 6.33 Å². The number of carbonyl (C=O) groups is 1. The molecule has 144 valence electrons. The van der Waals surface area contributed by atoms with E-state index in [1.165, 1.54) is 6.33 Å². The van der Waals surface area contributed by atoms with E-state index in [9.17, 15) is 4.79 Å². The zero-order valence-corrected chi connectivity index (χ0v) is 15.9. The van der Waals surface area contributed by atoms with Crippen molar-refractivity contribution in [3.05, 3.63) is 59.9 Å². The van der Waals surface area contributed by atoms with Crippen LogP contribution in [0.3, 0.4) is 0 Å². The van der Waals surface area contributed by atoms with Crippen molar-refractivity contribution in [1.29, 1.82) is 0 Å². The van der Waals surface area contributed by atoms with Gasteiger partial charge in [0.05, 0.1) is 12.8 Å². The maximum atomic E-state index is 12.3. The van der Waals surface area contributed by atoms with Gasteiger partial charge in [0.15, 0.2) is 18.1 Å². The first kappa shape index (κ1) is 19.1. The molecule has 0 atom stereocenters. The fourth-order valence-electron chi connectivity index (χ4n) is 2.70. The van der Waals surface area contributed by atoms with Crippen molar-refractivity contribution >= 4 is 17.7 Å². The molecule has 3 rings (SSSR count). The molecule has 8 heteroatoms. The van der Waals surface area contributed by atoms with E-state index in [1.54, 1.807) is 23.9 Å². The van der Waals surface area contributed by atoms with Gasteiger partial charge in [0, 0.05) is 5.69 Å². The van der Waals surface area contributed by atoms with Crippen LogP contribution >= 0.6 is 0 Å². The zero-order valence-electron chi connectivity index (χ0n) is 15.9. The van der Waals surface area contributed by atoms with Crippen LogP contribution in [0.15, 0.2) is 48.8 Å². The molecule has 0 unspecified atom stereocenters. The van der Waals surface area contributed by atoms with Gasteiger partial charge in [-0.1, -0.05) is 18.2 Å². The molecule has 1 N–H and O–H groups in total. The lowest BCUT2D eigenvalue weighted by Gasteiger charge is -2.12. The summed E-state index contributed by atoms with van der Waals surface area (Å²) in [6.45, 7) is 3.73. The Morgan fingerprint density at radius 1 is 1.21 bits per heavy atom. The summed E-state index contributed by atoms with van der Waals surface area (Å²) in [5, 5.41) is 13.9. The van der Waals surface area contributed by atoms with Crippen molar-refractivity contribution in [3.8, 4) is 17.2 Å². The third-order valence-corrected chi connectivity index (χ3v) is 3.98. The van der Waals surface area contributed by atoms with E-state index >= 15 is 0 Å². The normalized spacial score (nSPS) is 10.8. The van der Waals surface area contributed by atoms with Crippen LogP contribution in [0.25, 0.3) is 11.8 Å². The topological polar surface area (TPSA) is 91.2 Å². The summed E-state index contributed by atoms with van der Waals surface area (Å²) < 4.78 is 12.5. The molecule has 28 heavy (non-hydrogen) atoms. The Kier molecular flexibility index (Phi) is 6.01. The lowest BCUT2D eigenvalue weighted by molar-refractivity contribution is -0.118. The third kappa shape index (κ3) is 4.53. The van der Waals surface area contributed by atoms with Gasteiger partial charge in [0.25, 0.3) is 5.91 Å². The fourth-order valence-corrected chi connectivity index (χ4v) is 2.70. The molecule has 0 aliphatic carbocycles. The molecule has 0 radical (unpaired) electrons. The SMILES string of the molecule is CC=Cc1ccc(OCC(=O)Nc2ccc(-n3cnnn3)c(C)c2)c(OC)c1. The average molecular weight is 379 g/mol. The highest BCUT2D eigenvalue weighted by atomic mass is 16.5. The van der Waals surface area contributed by atoms with Gasteiger partial charge < -0.3 is 14.8 Å². The predicted octanol–water partition coefficient (Wildman–Crippen LogP) is 3.03. The minimum atomic E-state index is -0.269. The monoisotopic (exact) mass is 379 g/mol. The molecule has 1 heterocycles. The Bertz CT molecular complexity index is 984. The van der Waals surface area contributed by atoms with Crippen molar-refractivity contribution in [2.45, 2.75) is 13.8 Å². The molecular formula is C20H21N5O3. The first-order valence-electron chi connectivity index (χ1n) is 8.68. The highest BCUT2D eigenvalue weighted by molar-refractivity contribution is 5.92. The van der Waals surface area contributed by atoms with Gasteiger partial charge in [-0.3, -0.25) is 4.79 Å². The largest absolute Gasteiger partial charge is 0.493 e. The van der Waals surface area contributed by atoms with E-state index in [-0.39, 0.29) is 12.5 Å². The van der Waals surface area contributed by atoms with Crippen LogP contribution in [0, 0.1) is 6.92 Å². The van der Waals surface area contributed by atoms with E-state index in [0.29, 0.717) is 17.2 Å². The van der Waals surface area contributed by atoms with Crippen molar-refractivity contribution in [1.82, 2.24) is 20.2 Å². The number of tetrazole rings is 1. The van der Waals surface area contributed by atoms with Crippen LogP contribution < -0.4 is 14.8 Å². The molecule has 0 saturated carbocycles. The zero-order chi connectivity index (χ0) is 19.9. The molecule has 1 aromatic heterocycles. The number of aryl methyl sites for hydroxylation is 1. The number of aromatic nitrogens is 4. The Hall–Kier alpha value is -3.68. The van der Waals surface area contributed by atoms with Crippen LogP contribution in [-0.4, -0.2) is 39.8 Å². The predicted molar refractivity (Wildman–Crippen MR) is 106 cm³/mol. The Balaban J connectivity index is 1.62. The molecule has 0 fully saturated rings. The summed E-state index contributed by atoms with van der Waals surface area (Å²) in [7, 11) is 1.57. The number of anilines is 1. The summed E-state index contributed by atoms with van der Waals surface area (Å²) in [5.74, 6) is 0.815. The van der Waals surface area contributed by atoms with Crippen LogP contribution in [-0.2, 0) is 4.79 Å². The molecule has 8 nitrogen and oxygen atoms in total. The quantitative estimate of drug-likeness (QED) is 0.678. The van der Waals surface area contributed by atoms with Crippen LogP contribution in [0.2, 0.25) is 0 Å². The number of hydrogen-bond donors (Lipinski definition) is 1. The number of benzene rings is 2. The van der Waals surface area contributed by atoms with Crippen LogP contribution in [0.4, 0.5) is 5.69 Å². The number of rotatable bonds is 7. The molecule has 2 aromatic carbocycles. The van der Waals surface area contributed by atoms with E-state index < -0.39 is 0 Å². The van der Waals surface area contributed by atoms with Gasteiger partial charge in [-0.15, -0.1) is 5.10 Å². The van der Waals surface area contributed by atoms with Gasteiger partial charge in [0.2, 0.25) is 0 Å². The molecule has 0 saturated heterocycles. The standard InChI is InChI=1S/C20H21N5O3/c1-4-5-15-6-9-18(19(11-15)27-3)28-12-20(26)22-16-7-8-17(14(2)10-16)25-13-21-23-24-25/h4-11,13H,12H2,1-3H3,(H,22,26). The second kappa shape index (κ2) is 8.81. The minimum absolute atomic E-state index is 0.132. The van der Waals surface area contributed by atoms with Gasteiger partial charge in [-0.2, -0.15) is 0 Å². The van der Waals surface area contributed by atoms with Crippen molar-refractivity contribution in [2.24, 2.45) is 0 Å². The molecular weight excluding hydrogens is 358 g/mol. The highest BCUT2D eigenvalue weighted by Crippen LogP contribution is 2.28. The Morgan fingerprint density at radius 2 is 2.07 bits per heavy atom. The second-order valence-electron chi connectivity index (χ2n) is 6.00. The molecule has 0 spiro atoms. The number of ether oxygens (including phenoxy) is 2. The summed E-state index contributed by atoms with van der Waals surface area (Å²) >= 11 is 0. The number of carbonyl (C=O) groups excluding carboxylic acids is 1. The summed E-state index contributed by atoms with van der Waals surface area (Å²) in [4.78, 5) is 12.3. The summed E-state index contributed by atoms with van der Waals surface area (Å²) in [5.41, 5.74) is 3.42. The molecule has 0 aliphatic rings. The van der Waals surface area contributed by atoms with E-state index in [1.807, 2.05) is 50.3 Å². The van der Waals surface area contributed by atoms with Crippen molar-refractivity contribution in [2.75, 3.05) is 19.0 Å². The molecule has 0 aliphatic heterocycles. The van der Waals surface area contributed by atoms with Gasteiger partial charge in [-0.25, -0.2) is 4.68 Å². The maximum absolute atomic E-state index is 12.3. The molecule has 1 amide bonds. The van der Waals surface area contributed by atoms with Crippen LogP contribution in [0.5, 0.6) is 11.5 Å². The van der Waals surface area contributed by atoms with Gasteiger partial charge in [-0.05, 0) is 65.7 Å². The maximum Gasteiger partial charge on any atom is 0.262 e. The first-order chi connectivity index (χ1) is 13.6. The number of hydrogen-bond acceptors (Lipinski definition) is 6. The number of nitrogens with one attached hydrogen (secondary N) is 1. The molecule has 0 bridgehead atoms. The van der Waals surface area contributed by atoms with Gasteiger partial charge >= 0.3 is 0 Å². The minimum Gasteiger partial charge on any atom is -0.493 e. The fraction of sp³-hybridized carbons (Fsp3) is 0.200. The van der Waals surface area contributed by atoms with Crippen molar-refractivity contribution < 1.29 is 14.3 Å².